The molecule has 73 valence electrons. The zero-order chi connectivity index (χ0) is 9.40. The van der Waals surface area contributed by atoms with Crippen molar-refractivity contribution < 1.29 is 4.74 Å². The molecule has 0 aromatic rings. The normalized spacial score (nSPS) is 18.8. The molecule has 1 heterocycles. The van der Waals surface area contributed by atoms with E-state index in [4.69, 9.17) is 4.74 Å². The van der Waals surface area contributed by atoms with Crippen LogP contribution in [0.5, 0.6) is 0 Å². The Morgan fingerprint density at radius 2 is 1.58 bits per heavy atom. The average molecular weight is 278 g/mol. The predicted octanol–water partition coefficient (Wildman–Crippen LogP) is 2.74. The minimum absolute atomic E-state index is 0.637. The van der Waals surface area contributed by atoms with E-state index >= 15 is 0 Å². The summed E-state index contributed by atoms with van der Waals surface area (Å²) in [7, 11) is 0. The molecule has 0 amide bonds. The molecule has 1 fully saturated rings. The van der Waals surface area contributed by atoms with Gasteiger partial charge >= 0.3 is 34.6 Å². The summed E-state index contributed by atoms with van der Waals surface area (Å²) in [5, 5.41) is 0. The molecule has 1 aliphatic heterocycles. The Labute approximate surface area is 84.6 Å². The van der Waals surface area contributed by atoms with Gasteiger partial charge in [0.25, 0.3) is 0 Å². The van der Waals surface area contributed by atoms with E-state index in [9.17, 15) is 0 Å². The van der Waals surface area contributed by atoms with Crippen molar-refractivity contribution in [2.24, 2.45) is 5.92 Å². The Hall–Kier alpha value is 0.759. The maximum atomic E-state index is 5.18. The van der Waals surface area contributed by atoms with Crippen LogP contribution in [-0.4, -0.2) is 33.0 Å². The summed E-state index contributed by atoms with van der Waals surface area (Å²) in [6.07, 6.45) is 4.75. The fraction of sp³-hybridized carbons (Fsp3) is 0.900. The van der Waals surface area contributed by atoms with Crippen molar-refractivity contribution in [1.29, 1.82) is 0 Å². The van der Waals surface area contributed by atoms with Crippen molar-refractivity contribution in [2.45, 2.75) is 34.6 Å². The predicted molar refractivity (Wildman–Crippen MR) is 58.3 cm³/mol. The number of hydrogen-bond acceptors (Lipinski definition) is 1. The molecule has 12 heavy (non-hydrogen) atoms. The van der Waals surface area contributed by atoms with E-state index in [0.717, 1.165) is 19.1 Å². The average Bonchev–Trinajstić information content (AvgIpc) is 2.05. The van der Waals surface area contributed by atoms with Gasteiger partial charge < -0.3 is 4.74 Å². The summed E-state index contributed by atoms with van der Waals surface area (Å²) in [4.78, 5) is 7.13. The van der Waals surface area contributed by atoms with Crippen molar-refractivity contribution in [3.63, 3.8) is 0 Å². The molecule has 0 spiro atoms. The summed E-state index contributed by atoms with van der Waals surface area (Å²) in [6.45, 7) is 4.07. The Morgan fingerprint density at radius 1 is 1.17 bits per heavy atom. The number of hydrogen-bond donors (Lipinski definition) is 0. The molecular weight excluding hydrogens is 255 g/mol. The van der Waals surface area contributed by atoms with Gasteiger partial charge in [0.15, 0.2) is 0 Å². The van der Waals surface area contributed by atoms with E-state index in [1.165, 1.54) is 12.8 Å². The van der Waals surface area contributed by atoms with Crippen molar-refractivity contribution in [2.75, 3.05) is 13.2 Å². The third kappa shape index (κ3) is 8.85. The SMILES string of the molecule is C[CH]C1CCOCC1.[CH3][SnH]([CH3])[CH3]. The standard InChI is InChI=1S/C7H13O.3CH3.Sn.H/c1-2-7-3-5-8-6-4-7;;;;;/h2,7H,3-6H2,1H3;3*1H3;;. The van der Waals surface area contributed by atoms with Crippen LogP contribution in [0.1, 0.15) is 19.8 Å². The van der Waals surface area contributed by atoms with Crippen LogP contribution < -0.4 is 0 Å². The monoisotopic (exact) mass is 279 g/mol. The summed E-state index contributed by atoms with van der Waals surface area (Å²) in [5.41, 5.74) is 0. The van der Waals surface area contributed by atoms with E-state index in [-0.39, 0.29) is 0 Å². The van der Waals surface area contributed by atoms with Gasteiger partial charge in [-0.2, -0.15) is 0 Å². The molecule has 2 heteroatoms. The fourth-order valence-electron chi connectivity index (χ4n) is 1.05. The van der Waals surface area contributed by atoms with Gasteiger partial charge in [0.05, 0.1) is 0 Å². The first-order chi connectivity index (χ1) is 5.66. The van der Waals surface area contributed by atoms with E-state index < -0.39 is 19.8 Å². The molecule has 0 aromatic heterocycles. The van der Waals surface area contributed by atoms with Gasteiger partial charge in [0.1, 0.15) is 0 Å². The van der Waals surface area contributed by atoms with Crippen LogP contribution in [0.25, 0.3) is 0 Å². The van der Waals surface area contributed by atoms with Crippen LogP contribution in [0, 0.1) is 12.3 Å². The molecule has 1 rings (SSSR count). The first-order valence-electron chi connectivity index (χ1n) is 5.04. The first-order valence-corrected chi connectivity index (χ1v) is 14.9. The molecule has 1 nitrogen and oxygen atoms in total. The van der Waals surface area contributed by atoms with Crippen LogP contribution in [0.3, 0.4) is 0 Å². The second-order valence-corrected chi connectivity index (χ2v) is 13.9. The summed E-state index contributed by atoms with van der Waals surface area (Å²) >= 11 is -0.637. The molecule has 0 N–H and O–H groups in total. The number of rotatable bonds is 1. The van der Waals surface area contributed by atoms with E-state index in [0.29, 0.717) is 0 Å². The van der Waals surface area contributed by atoms with Crippen LogP contribution in [-0.2, 0) is 4.74 Å². The second kappa shape index (κ2) is 8.36. The van der Waals surface area contributed by atoms with Gasteiger partial charge in [-0.15, -0.1) is 0 Å². The maximum absolute atomic E-state index is 5.18. The third-order valence-corrected chi connectivity index (χ3v) is 1.74. The molecule has 0 atom stereocenters. The first kappa shape index (κ1) is 12.8. The molecule has 0 aromatic carbocycles. The third-order valence-electron chi connectivity index (χ3n) is 1.74. The zero-order valence-electron chi connectivity index (χ0n) is 8.97. The van der Waals surface area contributed by atoms with Crippen LogP contribution >= 0.6 is 0 Å². The molecule has 1 saturated heterocycles. The van der Waals surface area contributed by atoms with Crippen molar-refractivity contribution in [3.8, 4) is 0 Å². The van der Waals surface area contributed by atoms with Crippen molar-refractivity contribution in [3.05, 3.63) is 6.42 Å². The minimum atomic E-state index is -0.637. The van der Waals surface area contributed by atoms with Gasteiger partial charge in [-0.25, -0.2) is 0 Å². The molecule has 0 aliphatic carbocycles. The second-order valence-electron chi connectivity index (χ2n) is 4.02. The van der Waals surface area contributed by atoms with Gasteiger partial charge in [0, 0.05) is 13.2 Å². The van der Waals surface area contributed by atoms with Gasteiger partial charge in [0.2, 0.25) is 0 Å². The van der Waals surface area contributed by atoms with E-state index in [1.807, 2.05) is 0 Å². The van der Waals surface area contributed by atoms with Gasteiger partial charge in [-0.3, -0.25) is 0 Å². The van der Waals surface area contributed by atoms with Gasteiger partial charge in [-0.1, -0.05) is 6.92 Å². The molecule has 0 unspecified atom stereocenters. The van der Waals surface area contributed by atoms with Crippen molar-refractivity contribution in [1.82, 2.24) is 0 Å². The Morgan fingerprint density at radius 3 is 1.83 bits per heavy atom. The zero-order valence-corrected chi connectivity index (χ0v) is 12.3. The van der Waals surface area contributed by atoms with Crippen LogP contribution in [0.4, 0.5) is 0 Å². The fourth-order valence-corrected chi connectivity index (χ4v) is 1.05. The Bertz CT molecular complexity index is 85.1. The Kier molecular flexibility index (Phi) is 8.89. The van der Waals surface area contributed by atoms with E-state index in [1.54, 1.807) is 0 Å². The topological polar surface area (TPSA) is 9.23 Å². The van der Waals surface area contributed by atoms with Crippen LogP contribution in [0.2, 0.25) is 14.8 Å². The number of ether oxygens (including phenoxy) is 1. The summed E-state index contributed by atoms with van der Waals surface area (Å²) in [5.74, 6) is 0.837. The Balaban J connectivity index is 0.000000261. The summed E-state index contributed by atoms with van der Waals surface area (Å²) in [6, 6.07) is 0. The molecule has 1 aliphatic rings. The quantitative estimate of drug-likeness (QED) is 0.670. The molecule has 0 saturated carbocycles. The molecular formula is C10H23OSn. The van der Waals surface area contributed by atoms with E-state index in [2.05, 4.69) is 28.2 Å². The summed E-state index contributed by atoms with van der Waals surface area (Å²) < 4.78 is 5.18. The van der Waals surface area contributed by atoms with Crippen LogP contribution in [0.15, 0.2) is 0 Å². The molecule has 1 radical (unpaired) electrons. The van der Waals surface area contributed by atoms with Gasteiger partial charge in [-0.05, 0) is 25.2 Å². The molecule has 0 bridgehead atoms. The van der Waals surface area contributed by atoms with Crippen molar-refractivity contribution >= 4 is 19.8 Å².